The SMILES string of the molecule is CCOC(=O)N1CCN(c2cccc(F)c2C=O)CC1. The second-order valence-electron chi connectivity index (χ2n) is 4.46. The van der Waals surface area contributed by atoms with E-state index in [1.54, 1.807) is 24.0 Å². The summed E-state index contributed by atoms with van der Waals surface area (Å²) in [4.78, 5) is 26.1. The lowest BCUT2D eigenvalue weighted by molar-refractivity contribution is 0.104. The number of piperazine rings is 1. The molecule has 0 saturated carbocycles. The molecule has 0 unspecified atom stereocenters. The quantitative estimate of drug-likeness (QED) is 0.794. The third-order valence-corrected chi connectivity index (χ3v) is 3.29. The van der Waals surface area contributed by atoms with Crippen LogP contribution in [0.3, 0.4) is 0 Å². The largest absolute Gasteiger partial charge is 0.450 e. The van der Waals surface area contributed by atoms with Gasteiger partial charge in [0.05, 0.1) is 17.9 Å². The predicted molar refractivity (Wildman–Crippen MR) is 72.6 cm³/mol. The maximum absolute atomic E-state index is 13.6. The van der Waals surface area contributed by atoms with Gasteiger partial charge in [0.2, 0.25) is 0 Å². The highest BCUT2D eigenvalue weighted by molar-refractivity contribution is 5.85. The number of nitrogens with zero attached hydrogens (tertiary/aromatic N) is 2. The molecule has 20 heavy (non-hydrogen) atoms. The van der Waals surface area contributed by atoms with Crippen LogP contribution in [0.25, 0.3) is 0 Å². The standard InChI is InChI=1S/C14H17FN2O3/c1-2-20-14(19)17-8-6-16(7-9-17)13-5-3-4-12(15)11(13)10-18/h3-5,10H,2,6-9H2,1H3. The van der Waals surface area contributed by atoms with Crippen molar-refractivity contribution in [1.82, 2.24) is 4.90 Å². The molecule has 1 aliphatic rings. The lowest BCUT2D eigenvalue weighted by Gasteiger charge is -2.35. The van der Waals surface area contributed by atoms with Gasteiger partial charge in [-0.05, 0) is 19.1 Å². The molecule has 1 aliphatic heterocycles. The minimum atomic E-state index is -0.523. The summed E-state index contributed by atoms with van der Waals surface area (Å²) in [6.45, 7) is 4.18. The zero-order chi connectivity index (χ0) is 14.5. The van der Waals surface area contributed by atoms with Crippen molar-refractivity contribution in [2.24, 2.45) is 0 Å². The molecule has 1 amide bonds. The average Bonchev–Trinajstić information content (AvgIpc) is 2.47. The Morgan fingerprint density at radius 3 is 2.65 bits per heavy atom. The smallest absolute Gasteiger partial charge is 0.409 e. The van der Waals surface area contributed by atoms with Crippen LogP contribution in [0.15, 0.2) is 18.2 Å². The van der Waals surface area contributed by atoms with Gasteiger partial charge in [-0.2, -0.15) is 0 Å². The minimum Gasteiger partial charge on any atom is -0.450 e. The van der Waals surface area contributed by atoms with Crippen LogP contribution in [0, 0.1) is 5.82 Å². The van der Waals surface area contributed by atoms with Crippen molar-refractivity contribution in [3.63, 3.8) is 0 Å². The van der Waals surface area contributed by atoms with Crippen molar-refractivity contribution < 1.29 is 18.7 Å². The van der Waals surface area contributed by atoms with Gasteiger partial charge in [-0.15, -0.1) is 0 Å². The summed E-state index contributed by atoms with van der Waals surface area (Å²) in [7, 11) is 0. The molecule has 1 aromatic rings. The van der Waals surface area contributed by atoms with E-state index in [1.807, 2.05) is 4.90 Å². The van der Waals surface area contributed by atoms with Crippen LogP contribution in [0.5, 0.6) is 0 Å². The Hall–Kier alpha value is -2.11. The number of amides is 1. The highest BCUT2D eigenvalue weighted by Crippen LogP contribution is 2.23. The topological polar surface area (TPSA) is 49.9 Å². The molecule has 6 heteroatoms. The van der Waals surface area contributed by atoms with Gasteiger partial charge in [0.25, 0.3) is 0 Å². The molecule has 0 atom stereocenters. The Morgan fingerprint density at radius 1 is 1.35 bits per heavy atom. The summed E-state index contributed by atoms with van der Waals surface area (Å²) >= 11 is 0. The molecule has 108 valence electrons. The average molecular weight is 280 g/mol. The van der Waals surface area contributed by atoms with E-state index in [-0.39, 0.29) is 11.7 Å². The second-order valence-corrected chi connectivity index (χ2v) is 4.46. The molecule has 0 N–H and O–H groups in total. The van der Waals surface area contributed by atoms with Crippen molar-refractivity contribution >= 4 is 18.1 Å². The lowest BCUT2D eigenvalue weighted by atomic mass is 10.1. The van der Waals surface area contributed by atoms with Gasteiger partial charge in [0.15, 0.2) is 6.29 Å². The van der Waals surface area contributed by atoms with Gasteiger partial charge >= 0.3 is 6.09 Å². The summed E-state index contributed by atoms with van der Waals surface area (Å²) < 4.78 is 18.5. The number of carbonyl (C=O) groups is 2. The van der Waals surface area contributed by atoms with Crippen molar-refractivity contribution in [3.05, 3.63) is 29.6 Å². The zero-order valence-electron chi connectivity index (χ0n) is 11.3. The van der Waals surface area contributed by atoms with Crippen LogP contribution >= 0.6 is 0 Å². The minimum absolute atomic E-state index is 0.0667. The second kappa shape index (κ2) is 6.36. The van der Waals surface area contributed by atoms with Gasteiger partial charge < -0.3 is 14.5 Å². The van der Waals surface area contributed by atoms with E-state index in [4.69, 9.17) is 4.74 Å². The number of rotatable bonds is 3. The molecule has 0 spiro atoms. The summed E-state index contributed by atoms with van der Waals surface area (Å²) in [5.74, 6) is -0.523. The molecule has 0 aromatic heterocycles. The maximum atomic E-state index is 13.6. The third kappa shape index (κ3) is 2.89. The van der Waals surface area contributed by atoms with E-state index >= 15 is 0 Å². The van der Waals surface area contributed by atoms with Crippen LogP contribution in [0.4, 0.5) is 14.9 Å². The molecule has 5 nitrogen and oxygen atoms in total. The Labute approximate surface area is 116 Å². The Bertz CT molecular complexity index is 499. The Kier molecular flexibility index (Phi) is 4.55. The van der Waals surface area contributed by atoms with Crippen molar-refractivity contribution in [2.75, 3.05) is 37.7 Å². The van der Waals surface area contributed by atoms with E-state index in [2.05, 4.69) is 0 Å². The molecule has 1 fully saturated rings. The Balaban J connectivity index is 2.06. The van der Waals surface area contributed by atoms with E-state index in [0.717, 1.165) is 0 Å². The van der Waals surface area contributed by atoms with Gasteiger partial charge in [-0.1, -0.05) is 6.07 Å². The molecule has 0 aliphatic carbocycles. The first-order valence-corrected chi connectivity index (χ1v) is 6.57. The van der Waals surface area contributed by atoms with E-state index in [9.17, 15) is 14.0 Å². The molecule has 1 saturated heterocycles. The van der Waals surface area contributed by atoms with Crippen LogP contribution < -0.4 is 4.90 Å². The maximum Gasteiger partial charge on any atom is 0.409 e. The fourth-order valence-corrected chi connectivity index (χ4v) is 2.26. The molecular formula is C14H17FN2O3. The normalized spacial score (nSPS) is 15.1. The monoisotopic (exact) mass is 280 g/mol. The lowest BCUT2D eigenvalue weighted by Crippen LogP contribution is -2.49. The number of hydrogen-bond acceptors (Lipinski definition) is 4. The highest BCUT2D eigenvalue weighted by atomic mass is 19.1. The zero-order valence-corrected chi connectivity index (χ0v) is 11.3. The molecule has 1 aromatic carbocycles. The number of benzene rings is 1. The number of ether oxygens (including phenoxy) is 1. The molecule has 0 radical (unpaired) electrons. The molecule has 0 bridgehead atoms. The number of aldehydes is 1. The first kappa shape index (κ1) is 14.3. The van der Waals surface area contributed by atoms with E-state index in [0.29, 0.717) is 44.8 Å². The number of hydrogen-bond donors (Lipinski definition) is 0. The van der Waals surface area contributed by atoms with Gasteiger partial charge in [0, 0.05) is 26.2 Å². The fourth-order valence-electron chi connectivity index (χ4n) is 2.26. The van der Waals surface area contributed by atoms with E-state index < -0.39 is 5.82 Å². The van der Waals surface area contributed by atoms with Crippen molar-refractivity contribution in [1.29, 1.82) is 0 Å². The number of halogens is 1. The van der Waals surface area contributed by atoms with Crippen LogP contribution in [0.1, 0.15) is 17.3 Å². The summed E-state index contributed by atoms with van der Waals surface area (Å²) in [5.41, 5.74) is 0.639. The summed E-state index contributed by atoms with van der Waals surface area (Å²) in [6, 6.07) is 4.56. The highest BCUT2D eigenvalue weighted by Gasteiger charge is 2.23. The van der Waals surface area contributed by atoms with Crippen molar-refractivity contribution in [3.8, 4) is 0 Å². The van der Waals surface area contributed by atoms with E-state index in [1.165, 1.54) is 6.07 Å². The first-order chi connectivity index (χ1) is 9.67. The third-order valence-electron chi connectivity index (χ3n) is 3.29. The number of carbonyl (C=O) groups excluding carboxylic acids is 2. The first-order valence-electron chi connectivity index (χ1n) is 6.57. The van der Waals surface area contributed by atoms with Crippen LogP contribution in [-0.2, 0) is 4.74 Å². The van der Waals surface area contributed by atoms with Gasteiger partial charge in [0.1, 0.15) is 5.82 Å². The molecule has 2 rings (SSSR count). The predicted octanol–water partition coefficient (Wildman–Crippen LogP) is 1.92. The van der Waals surface area contributed by atoms with Crippen molar-refractivity contribution in [2.45, 2.75) is 6.92 Å². The van der Waals surface area contributed by atoms with Crippen LogP contribution in [-0.4, -0.2) is 50.1 Å². The summed E-state index contributed by atoms with van der Waals surface area (Å²) in [5, 5.41) is 0. The Morgan fingerprint density at radius 2 is 2.05 bits per heavy atom. The summed E-state index contributed by atoms with van der Waals surface area (Å²) in [6.07, 6.45) is 0.199. The number of anilines is 1. The molecular weight excluding hydrogens is 263 g/mol. The van der Waals surface area contributed by atoms with Gasteiger partial charge in [-0.3, -0.25) is 4.79 Å². The van der Waals surface area contributed by atoms with Crippen LogP contribution in [0.2, 0.25) is 0 Å². The molecule has 1 heterocycles. The van der Waals surface area contributed by atoms with Gasteiger partial charge in [-0.25, -0.2) is 9.18 Å². The fraction of sp³-hybridized carbons (Fsp3) is 0.429.